The Kier molecular flexibility index (Phi) is 6.24. The van der Waals surface area contributed by atoms with Crippen molar-refractivity contribution in [1.82, 2.24) is 19.6 Å². The number of nitrogens with one attached hydrogen (secondary N) is 2. The molecule has 2 amide bonds. The molecule has 5 aromatic rings. The molecule has 0 bridgehead atoms. The third-order valence-electron chi connectivity index (χ3n) is 5.21. The van der Waals surface area contributed by atoms with E-state index in [1.165, 1.54) is 36.0 Å². The molecule has 0 saturated carbocycles. The highest BCUT2D eigenvalue weighted by atomic mass is 32.2. The number of rotatable bonds is 7. The molecule has 12 heteroatoms. The van der Waals surface area contributed by atoms with E-state index in [9.17, 15) is 19.7 Å². The van der Waals surface area contributed by atoms with Crippen molar-refractivity contribution in [3.8, 4) is 0 Å². The van der Waals surface area contributed by atoms with Crippen LogP contribution in [0.15, 0.2) is 84.1 Å². The largest absolute Gasteiger partial charge is 0.325 e. The minimum atomic E-state index is -0.509. The van der Waals surface area contributed by atoms with Gasteiger partial charge in [0.1, 0.15) is 11.4 Å². The Morgan fingerprint density at radius 3 is 2.39 bits per heavy atom. The summed E-state index contributed by atoms with van der Waals surface area (Å²) in [6.45, 7) is 0. The van der Waals surface area contributed by atoms with Gasteiger partial charge in [-0.3, -0.25) is 24.1 Å². The number of carbonyl (C=O) groups is 2. The second-order valence-corrected chi connectivity index (χ2v) is 8.57. The fraction of sp³-hybridized carbons (Fsp3) is 0.0417. The van der Waals surface area contributed by atoms with E-state index in [1.54, 1.807) is 30.6 Å². The van der Waals surface area contributed by atoms with E-state index >= 15 is 0 Å². The standard InChI is InChI=1S/C24H17N7O4S/c32-21(13-36-24-22-29-25-14-30(22)20-4-2-1-3-19(20)28-24)26-16-7-5-15(6-8-16)23(33)27-17-9-11-18(12-10-17)31(34)35/h1-12,14H,13H2,(H,26,32)(H,27,33). The van der Waals surface area contributed by atoms with E-state index in [0.29, 0.717) is 27.6 Å². The molecule has 0 aliphatic heterocycles. The maximum atomic E-state index is 12.5. The molecule has 3 aromatic carbocycles. The number of hydrogen-bond donors (Lipinski definition) is 2. The van der Waals surface area contributed by atoms with Crippen LogP contribution in [0.25, 0.3) is 16.7 Å². The van der Waals surface area contributed by atoms with Crippen LogP contribution in [0.2, 0.25) is 0 Å². The summed E-state index contributed by atoms with van der Waals surface area (Å²) in [5.41, 5.74) is 3.51. The number of amides is 2. The third kappa shape index (κ3) is 4.83. The monoisotopic (exact) mass is 499 g/mol. The van der Waals surface area contributed by atoms with Crippen LogP contribution in [0.1, 0.15) is 10.4 Å². The highest BCUT2D eigenvalue weighted by Crippen LogP contribution is 2.24. The molecule has 0 fully saturated rings. The molecule has 0 atom stereocenters. The third-order valence-corrected chi connectivity index (χ3v) is 6.16. The van der Waals surface area contributed by atoms with Gasteiger partial charge < -0.3 is 10.6 Å². The van der Waals surface area contributed by atoms with Gasteiger partial charge in [0.05, 0.1) is 21.7 Å². The summed E-state index contributed by atoms with van der Waals surface area (Å²) in [5.74, 6) is -0.510. The summed E-state index contributed by atoms with van der Waals surface area (Å²) >= 11 is 1.26. The van der Waals surface area contributed by atoms with Crippen LogP contribution in [0.3, 0.4) is 0 Å². The molecular weight excluding hydrogens is 482 g/mol. The first-order valence-corrected chi connectivity index (χ1v) is 11.6. The van der Waals surface area contributed by atoms with Crippen LogP contribution in [0.5, 0.6) is 0 Å². The molecule has 36 heavy (non-hydrogen) atoms. The summed E-state index contributed by atoms with van der Waals surface area (Å²) in [4.78, 5) is 39.8. The maximum absolute atomic E-state index is 12.5. The highest BCUT2D eigenvalue weighted by Gasteiger charge is 2.13. The highest BCUT2D eigenvalue weighted by molar-refractivity contribution is 8.00. The second-order valence-electron chi connectivity index (χ2n) is 7.60. The van der Waals surface area contributed by atoms with Crippen molar-refractivity contribution in [2.75, 3.05) is 16.4 Å². The average Bonchev–Trinajstić information content (AvgIpc) is 3.39. The molecule has 2 aromatic heterocycles. The molecule has 0 radical (unpaired) electrons. The average molecular weight is 500 g/mol. The summed E-state index contributed by atoms with van der Waals surface area (Å²) in [6.07, 6.45) is 1.61. The van der Waals surface area contributed by atoms with E-state index in [2.05, 4.69) is 25.8 Å². The van der Waals surface area contributed by atoms with E-state index in [0.717, 1.165) is 11.0 Å². The minimum Gasteiger partial charge on any atom is -0.325 e. The van der Waals surface area contributed by atoms with Crippen LogP contribution in [-0.2, 0) is 4.79 Å². The lowest BCUT2D eigenvalue weighted by molar-refractivity contribution is -0.384. The molecule has 0 aliphatic carbocycles. The van der Waals surface area contributed by atoms with Gasteiger partial charge in [0.15, 0.2) is 5.65 Å². The number of aromatic nitrogens is 4. The smallest absolute Gasteiger partial charge is 0.269 e. The van der Waals surface area contributed by atoms with E-state index < -0.39 is 4.92 Å². The van der Waals surface area contributed by atoms with E-state index in [1.807, 2.05) is 28.7 Å². The Bertz CT molecular complexity index is 1600. The number of non-ortho nitro benzene ring substituents is 1. The first kappa shape index (κ1) is 22.9. The van der Waals surface area contributed by atoms with Crippen LogP contribution in [0.4, 0.5) is 17.1 Å². The first-order valence-electron chi connectivity index (χ1n) is 10.6. The van der Waals surface area contributed by atoms with Gasteiger partial charge in [-0.25, -0.2) is 4.98 Å². The molecule has 0 spiro atoms. The second kappa shape index (κ2) is 9.80. The number of para-hydroxylation sites is 2. The molecule has 5 rings (SSSR count). The number of fused-ring (bicyclic) bond motifs is 3. The predicted molar refractivity (Wildman–Crippen MR) is 135 cm³/mol. The molecule has 2 N–H and O–H groups in total. The fourth-order valence-corrected chi connectivity index (χ4v) is 4.25. The molecular formula is C24H17N7O4S. The Hall–Kier alpha value is -4.84. The molecule has 0 unspecified atom stereocenters. The zero-order chi connectivity index (χ0) is 25.1. The van der Waals surface area contributed by atoms with Gasteiger partial charge in [-0.05, 0) is 48.5 Å². The van der Waals surface area contributed by atoms with Crippen molar-refractivity contribution in [2.24, 2.45) is 0 Å². The SMILES string of the molecule is O=C(CSc1nc2ccccc2n2cnnc12)Nc1ccc(C(=O)Nc2ccc([N+](=O)[O-])cc2)cc1. The Morgan fingerprint density at radius 1 is 0.944 bits per heavy atom. The zero-order valence-electron chi connectivity index (χ0n) is 18.5. The number of nitro groups is 1. The summed E-state index contributed by atoms with van der Waals surface area (Å²) in [5, 5.41) is 24.9. The topological polar surface area (TPSA) is 144 Å². The Balaban J connectivity index is 1.20. The van der Waals surface area contributed by atoms with Crippen molar-refractivity contribution >= 4 is 57.3 Å². The van der Waals surface area contributed by atoms with Crippen LogP contribution in [-0.4, -0.2) is 42.1 Å². The van der Waals surface area contributed by atoms with E-state index in [-0.39, 0.29) is 23.3 Å². The maximum Gasteiger partial charge on any atom is 0.269 e. The quantitative estimate of drug-likeness (QED) is 0.193. The van der Waals surface area contributed by atoms with Crippen LogP contribution >= 0.6 is 11.8 Å². The number of nitrogens with zero attached hydrogens (tertiary/aromatic N) is 5. The van der Waals surface area contributed by atoms with Gasteiger partial charge in [0.25, 0.3) is 11.6 Å². The van der Waals surface area contributed by atoms with E-state index in [4.69, 9.17) is 0 Å². The zero-order valence-corrected chi connectivity index (χ0v) is 19.3. The van der Waals surface area contributed by atoms with Gasteiger partial charge in [-0.1, -0.05) is 23.9 Å². The first-order chi connectivity index (χ1) is 17.5. The Labute approximate surface area is 207 Å². The van der Waals surface area contributed by atoms with Crippen LogP contribution < -0.4 is 10.6 Å². The van der Waals surface area contributed by atoms with Crippen LogP contribution in [0, 0.1) is 10.1 Å². The number of nitro benzene ring substituents is 1. The van der Waals surface area contributed by atoms with Crippen molar-refractivity contribution in [1.29, 1.82) is 0 Å². The summed E-state index contributed by atoms with van der Waals surface area (Å²) in [6, 6.07) is 19.6. The van der Waals surface area contributed by atoms with Gasteiger partial charge >= 0.3 is 0 Å². The van der Waals surface area contributed by atoms with Gasteiger partial charge in [0.2, 0.25) is 5.91 Å². The van der Waals surface area contributed by atoms with Gasteiger partial charge in [0, 0.05) is 29.1 Å². The molecule has 0 aliphatic rings. The summed E-state index contributed by atoms with van der Waals surface area (Å²) < 4.78 is 1.84. The molecule has 2 heterocycles. The molecule has 0 saturated heterocycles. The van der Waals surface area contributed by atoms with Gasteiger partial charge in [-0.2, -0.15) is 0 Å². The molecule has 178 valence electrons. The van der Waals surface area contributed by atoms with Crippen molar-refractivity contribution in [2.45, 2.75) is 5.03 Å². The Morgan fingerprint density at radius 2 is 1.64 bits per heavy atom. The normalized spacial score (nSPS) is 10.9. The lowest BCUT2D eigenvalue weighted by atomic mass is 10.2. The molecule has 11 nitrogen and oxygen atoms in total. The lowest BCUT2D eigenvalue weighted by Gasteiger charge is -2.08. The number of benzene rings is 3. The number of hydrogen-bond acceptors (Lipinski definition) is 8. The van der Waals surface area contributed by atoms with Gasteiger partial charge in [-0.15, -0.1) is 10.2 Å². The van der Waals surface area contributed by atoms with Crippen molar-refractivity contribution in [3.05, 3.63) is 94.8 Å². The van der Waals surface area contributed by atoms with Crippen molar-refractivity contribution in [3.63, 3.8) is 0 Å². The predicted octanol–water partition coefficient (Wildman–Crippen LogP) is 4.17. The number of anilines is 2. The van der Waals surface area contributed by atoms with Crippen molar-refractivity contribution < 1.29 is 14.5 Å². The number of carbonyl (C=O) groups excluding carboxylic acids is 2. The minimum absolute atomic E-state index is 0.0616. The fourth-order valence-electron chi connectivity index (χ4n) is 3.48. The lowest BCUT2D eigenvalue weighted by Crippen LogP contribution is -2.15. The number of thioether (sulfide) groups is 1. The summed E-state index contributed by atoms with van der Waals surface area (Å²) in [7, 11) is 0.